The Bertz CT molecular complexity index is 718. The predicted octanol–water partition coefficient (Wildman–Crippen LogP) is 1.52. The monoisotopic (exact) mass is 298 g/mol. The smallest absolute Gasteiger partial charge is 0.236 e. The average molecular weight is 298 g/mol. The van der Waals surface area contributed by atoms with Gasteiger partial charge in [0.05, 0.1) is 11.5 Å². The molecular weight excluding hydrogens is 280 g/mol. The van der Waals surface area contributed by atoms with E-state index in [0.717, 1.165) is 23.3 Å². The number of amides is 1. The normalized spacial score (nSPS) is 21.5. The molecule has 3 rings (SSSR count). The van der Waals surface area contributed by atoms with Gasteiger partial charge in [-0.25, -0.2) is 9.97 Å². The molecule has 0 saturated carbocycles. The number of fused-ring (bicyclic) bond motifs is 1. The van der Waals surface area contributed by atoms with Crippen molar-refractivity contribution in [1.29, 1.82) is 5.26 Å². The highest BCUT2D eigenvalue weighted by molar-refractivity contribution is 5.86. The van der Waals surface area contributed by atoms with Crippen LogP contribution in [0.5, 0.6) is 0 Å². The number of piperidine rings is 1. The summed E-state index contributed by atoms with van der Waals surface area (Å²) in [5.41, 5.74) is 0.790. The van der Waals surface area contributed by atoms with Crippen molar-refractivity contribution in [1.82, 2.24) is 19.9 Å². The second-order valence-corrected chi connectivity index (χ2v) is 5.65. The average Bonchev–Trinajstić information content (AvgIpc) is 2.99. The van der Waals surface area contributed by atoms with Crippen LogP contribution in [0.2, 0.25) is 0 Å². The largest absolute Gasteiger partial charge is 0.365 e. The first-order chi connectivity index (χ1) is 10.7. The maximum atomic E-state index is 11.9. The Hall–Kier alpha value is -2.62. The van der Waals surface area contributed by atoms with Crippen LogP contribution in [-0.4, -0.2) is 44.9 Å². The molecule has 1 amide bonds. The van der Waals surface area contributed by atoms with Crippen LogP contribution in [-0.2, 0) is 4.79 Å². The van der Waals surface area contributed by atoms with Crippen molar-refractivity contribution in [2.24, 2.45) is 5.92 Å². The molecule has 1 aliphatic rings. The van der Waals surface area contributed by atoms with Gasteiger partial charge in [-0.15, -0.1) is 0 Å². The first kappa shape index (κ1) is 14.3. The molecule has 3 heterocycles. The van der Waals surface area contributed by atoms with Crippen LogP contribution in [0.3, 0.4) is 0 Å². The van der Waals surface area contributed by atoms with Gasteiger partial charge in [0.15, 0.2) is 0 Å². The number of anilines is 1. The minimum absolute atomic E-state index is 0.0589. The number of rotatable bonds is 3. The standard InChI is InChI=1S/C15H18N6O/c1-10-4-7-21(13(22)2-5-16)8-12(10)20-15-11-3-6-17-14(11)18-9-19-15/h3,6,9-10,12H,2,4,7-8H2,1H3,(H2,17,18,19,20)/t10-,12-/m1/s1. The molecule has 0 radical (unpaired) electrons. The number of hydrogen-bond donors (Lipinski definition) is 2. The van der Waals surface area contributed by atoms with Crippen LogP contribution in [0, 0.1) is 17.2 Å². The van der Waals surface area contributed by atoms with E-state index in [2.05, 4.69) is 27.2 Å². The molecule has 22 heavy (non-hydrogen) atoms. The summed E-state index contributed by atoms with van der Waals surface area (Å²) in [6.07, 6.45) is 4.21. The molecule has 114 valence electrons. The molecule has 1 aliphatic heterocycles. The Morgan fingerprint density at radius 2 is 2.45 bits per heavy atom. The molecule has 0 aliphatic carbocycles. The highest BCUT2D eigenvalue weighted by Gasteiger charge is 2.29. The minimum Gasteiger partial charge on any atom is -0.365 e. The van der Waals surface area contributed by atoms with Crippen molar-refractivity contribution in [2.75, 3.05) is 18.4 Å². The number of nitrogens with zero attached hydrogens (tertiary/aromatic N) is 4. The summed E-state index contributed by atoms with van der Waals surface area (Å²) in [6.45, 7) is 3.47. The molecular formula is C15H18N6O. The lowest BCUT2D eigenvalue weighted by atomic mass is 9.93. The Balaban J connectivity index is 1.77. The van der Waals surface area contributed by atoms with Gasteiger partial charge >= 0.3 is 0 Å². The molecule has 2 atom stereocenters. The highest BCUT2D eigenvalue weighted by atomic mass is 16.2. The zero-order valence-electron chi connectivity index (χ0n) is 12.4. The zero-order valence-corrected chi connectivity index (χ0v) is 12.4. The van der Waals surface area contributed by atoms with E-state index >= 15 is 0 Å². The number of hydrogen-bond acceptors (Lipinski definition) is 5. The topological polar surface area (TPSA) is 97.7 Å². The molecule has 0 spiro atoms. The molecule has 1 saturated heterocycles. The van der Waals surface area contributed by atoms with Gasteiger partial charge in [-0.2, -0.15) is 5.26 Å². The first-order valence-corrected chi connectivity index (χ1v) is 7.38. The fourth-order valence-corrected chi connectivity index (χ4v) is 2.83. The summed E-state index contributed by atoms with van der Waals surface area (Å²) in [7, 11) is 0. The van der Waals surface area contributed by atoms with Gasteiger partial charge in [0.1, 0.15) is 24.2 Å². The van der Waals surface area contributed by atoms with Crippen LogP contribution in [0.1, 0.15) is 19.8 Å². The fourth-order valence-electron chi connectivity index (χ4n) is 2.83. The van der Waals surface area contributed by atoms with Crippen molar-refractivity contribution < 1.29 is 4.79 Å². The van der Waals surface area contributed by atoms with Crippen molar-refractivity contribution in [3.63, 3.8) is 0 Å². The lowest BCUT2D eigenvalue weighted by Crippen LogP contribution is -2.49. The van der Waals surface area contributed by atoms with E-state index in [4.69, 9.17) is 5.26 Å². The van der Waals surface area contributed by atoms with Crippen molar-refractivity contribution in [3.8, 4) is 6.07 Å². The number of aromatic nitrogens is 3. The van der Waals surface area contributed by atoms with E-state index in [-0.39, 0.29) is 18.4 Å². The number of aromatic amines is 1. The van der Waals surface area contributed by atoms with Gasteiger partial charge in [-0.05, 0) is 18.4 Å². The minimum atomic E-state index is -0.101. The van der Waals surface area contributed by atoms with Crippen molar-refractivity contribution in [2.45, 2.75) is 25.8 Å². The lowest BCUT2D eigenvalue weighted by Gasteiger charge is -2.37. The molecule has 2 aromatic rings. The summed E-state index contributed by atoms with van der Waals surface area (Å²) >= 11 is 0. The quantitative estimate of drug-likeness (QED) is 0.895. The summed E-state index contributed by atoms with van der Waals surface area (Å²) in [5.74, 6) is 1.10. The summed E-state index contributed by atoms with van der Waals surface area (Å²) in [6, 6.07) is 3.97. The van der Waals surface area contributed by atoms with E-state index in [1.54, 1.807) is 4.90 Å². The molecule has 0 aromatic carbocycles. The fraction of sp³-hybridized carbons (Fsp3) is 0.467. The van der Waals surface area contributed by atoms with Gasteiger partial charge in [0.2, 0.25) is 5.91 Å². The Morgan fingerprint density at radius 1 is 1.59 bits per heavy atom. The zero-order chi connectivity index (χ0) is 15.5. The molecule has 2 aromatic heterocycles. The van der Waals surface area contributed by atoms with Gasteiger partial charge in [-0.3, -0.25) is 4.79 Å². The molecule has 7 nitrogen and oxygen atoms in total. The Morgan fingerprint density at radius 3 is 3.27 bits per heavy atom. The molecule has 7 heteroatoms. The van der Waals surface area contributed by atoms with E-state index in [1.165, 1.54) is 6.33 Å². The number of carbonyl (C=O) groups is 1. The SMILES string of the molecule is C[C@@H]1CCN(C(=O)CC#N)C[C@H]1Nc1ncnc2[nH]ccc12. The third-order valence-corrected chi connectivity index (χ3v) is 4.22. The van der Waals surface area contributed by atoms with E-state index in [9.17, 15) is 4.79 Å². The van der Waals surface area contributed by atoms with Gasteiger partial charge in [0, 0.05) is 25.3 Å². The summed E-state index contributed by atoms with van der Waals surface area (Å²) in [4.78, 5) is 25.2. The van der Waals surface area contributed by atoms with Crippen molar-refractivity contribution >= 4 is 22.8 Å². The van der Waals surface area contributed by atoms with Gasteiger partial charge < -0.3 is 15.2 Å². The summed E-state index contributed by atoms with van der Waals surface area (Å²) in [5, 5.41) is 13.1. The maximum absolute atomic E-state index is 11.9. The highest BCUT2D eigenvalue weighted by Crippen LogP contribution is 2.24. The number of likely N-dealkylation sites (tertiary alicyclic amines) is 1. The second kappa shape index (κ2) is 6.02. The van der Waals surface area contributed by atoms with Crippen LogP contribution in [0.25, 0.3) is 11.0 Å². The van der Waals surface area contributed by atoms with E-state index < -0.39 is 0 Å². The number of H-pyrrole nitrogens is 1. The van der Waals surface area contributed by atoms with Gasteiger partial charge in [-0.1, -0.05) is 6.92 Å². The Kier molecular flexibility index (Phi) is 3.92. The Labute approximate surface area is 128 Å². The lowest BCUT2D eigenvalue weighted by molar-refractivity contribution is -0.131. The van der Waals surface area contributed by atoms with E-state index in [0.29, 0.717) is 19.0 Å². The second-order valence-electron chi connectivity index (χ2n) is 5.65. The molecule has 2 N–H and O–H groups in total. The molecule has 0 unspecified atom stereocenters. The molecule has 1 fully saturated rings. The van der Waals surface area contributed by atoms with E-state index in [1.807, 2.05) is 18.3 Å². The van der Waals surface area contributed by atoms with Crippen LogP contribution >= 0.6 is 0 Å². The first-order valence-electron chi connectivity index (χ1n) is 7.38. The van der Waals surface area contributed by atoms with Crippen molar-refractivity contribution in [3.05, 3.63) is 18.6 Å². The third-order valence-electron chi connectivity index (χ3n) is 4.22. The van der Waals surface area contributed by atoms with Gasteiger partial charge in [0.25, 0.3) is 0 Å². The van der Waals surface area contributed by atoms with Crippen LogP contribution in [0.4, 0.5) is 5.82 Å². The number of nitrogens with one attached hydrogen (secondary N) is 2. The van der Waals surface area contributed by atoms with Crippen LogP contribution in [0.15, 0.2) is 18.6 Å². The third kappa shape index (κ3) is 2.72. The maximum Gasteiger partial charge on any atom is 0.236 e. The number of nitriles is 1. The predicted molar refractivity (Wildman–Crippen MR) is 81.9 cm³/mol. The summed E-state index contributed by atoms with van der Waals surface area (Å²) < 4.78 is 0. The van der Waals surface area contributed by atoms with Crippen LogP contribution < -0.4 is 5.32 Å². The molecule has 0 bridgehead atoms. The number of carbonyl (C=O) groups excluding carboxylic acids is 1.